The Morgan fingerprint density at radius 3 is 2.48 bits per heavy atom. The third-order valence-electron chi connectivity index (χ3n) is 4.89. The van der Waals surface area contributed by atoms with Gasteiger partial charge in [-0.2, -0.15) is 0 Å². The number of aromatic nitrogens is 2. The minimum atomic E-state index is -0.207. The standard InChI is InChI=1S/C20H20N4O3/c25-18-8-4-3-7-17(18)22-9-11-23(12-10-22)19(26)13-24-14-21-16-6-2-1-5-15(16)20(24)27/h1-8,14,25H,9-13H2. The van der Waals surface area contributed by atoms with E-state index in [0.29, 0.717) is 37.1 Å². The maximum absolute atomic E-state index is 12.6. The number of rotatable bonds is 3. The Morgan fingerprint density at radius 2 is 1.70 bits per heavy atom. The molecule has 0 unspecified atom stereocenters. The summed E-state index contributed by atoms with van der Waals surface area (Å²) in [6, 6.07) is 14.3. The molecule has 7 nitrogen and oxygen atoms in total. The first-order chi connectivity index (χ1) is 13.1. The van der Waals surface area contributed by atoms with E-state index in [4.69, 9.17) is 0 Å². The minimum absolute atomic E-state index is 0.0206. The number of para-hydroxylation sites is 3. The van der Waals surface area contributed by atoms with Gasteiger partial charge in [0.25, 0.3) is 5.56 Å². The molecule has 1 N–H and O–H groups in total. The van der Waals surface area contributed by atoms with Crippen LogP contribution < -0.4 is 10.5 Å². The van der Waals surface area contributed by atoms with Gasteiger partial charge in [-0.1, -0.05) is 24.3 Å². The number of hydrogen-bond acceptors (Lipinski definition) is 5. The summed E-state index contributed by atoms with van der Waals surface area (Å²) in [5.74, 6) is 0.136. The number of anilines is 1. The van der Waals surface area contributed by atoms with Gasteiger partial charge in [-0.05, 0) is 24.3 Å². The van der Waals surface area contributed by atoms with Crippen molar-refractivity contribution in [2.24, 2.45) is 0 Å². The zero-order chi connectivity index (χ0) is 18.8. The van der Waals surface area contributed by atoms with Crippen LogP contribution in [-0.4, -0.2) is 51.6 Å². The molecule has 2 heterocycles. The second-order valence-electron chi connectivity index (χ2n) is 6.55. The third-order valence-corrected chi connectivity index (χ3v) is 4.89. The lowest BCUT2D eigenvalue weighted by atomic mass is 10.2. The van der Waals surface area contributed by atoms with Crippen molar-refractivity contribution >= 4 is 22.5 Å². The van der Waals surface area contributed by atoms with E-state index in [2.05, 4.69) is 9.88 Å². The number of amides is 1. The van der Waals surface area contributed by atoms with Crippen LogP contribution in [0.15, 0.2) is 59.7 Å². The first kappa shape index (κ1) is 17.1. The molecule has 0 atom stereocenters. The highest BCUT2D eigenvalue weighted by molar-refractivity contribution is 5.79. The fourth-order valence-corrected chi connectivity index (χ4v) is 3.39. The second-order valence-corrected chi connectivity index (χ2v) is 6.55. The lowest BCUT2D eigenvalue weighted by Gasteiger charge is -2.36. The Bertz CT molecular complexity index is 1040. The van der Waals surface area contributed by atoms with Crippen LogP contribution in [0.4, 0.5) is 5.69 Å². The predicted molar refractivity (Wildman–Crippen MR) is 103 cm³/mol. The van der Waals surface area contributed by atoms with Crippen LogP contribution >= 0.6 is 0 Å². The molecule has 2 aromatic carbocycles. The van der Waals surface area contributed by atoms with E-state index >= 15 is 0 Å². The summed E-state index contributed by atoms with van der Waals surface area (Å²) in [5, 5.41) is 10.5. The summed E-state index contributed by atoms with van der Waals surface area (Å²) in [4.78, 5) is 33.2. The largest absolute Gasteiger partial charge is 0.506 e. The molecule has 1 aliphatic rings. The van der Waals surface area contributed by atoms with Gasteiger partial charge < -0.3 is 14.9 Å². The number of piperazine rings is 1. The molecule has 0 radical (unpaired) electrons. The molecule has 3 aromatic rings. The van der Waals surface area contributed by atoms with Crippen LogP contribution in [0.3, 0.4) is 0 Å². The molecule has 0 aliphatic carbocycles. The van der Waals surface area contributed by atoms with E-state index < -0.39 is 0 Å². The second kappa shape index (κ2) is 7.11. The molecule has 0 spiro atoms. The average molecular weight is 364 g/mol. The van der Waals surface area contributed by atoms with Crippen molar-refractivity contribution in [1.29, 1.82) is 0 Å². The molecule has 138 valence electrons. The lowest BCUT2D eigenvalue weighted by Crippen LogP contribution is -2.50. The van der Waals surface area contributed by atoms with E-state index in [9.17, 15) is 14.7 Å². The number of phenolic OH excluding ortho intramolecular Hbond substituents is 1. The van der Waals surface area contributed by atoms with Gasteiger partial charge in [0.15, 0.2) is 0 Å². The van der Waals surface area contributed by atoms with Gasteiger partial charge in [0.05, 0.1) is 22.9 Å². The fraction of sp³-hybridized carbons (Fsp3) is 0.250. The maximum atomic E-state index is 12.6. The number of phenols is 1. The highest BCUT2D eigenvalue weighted by atomic mass is 16.3. The summed E-state index contributed by atoms with van der Waals surface area (Å²) in [5.41, 5.74) is 1.20. The summed E-state index contributed by atoms with van der Waals surface area (Å²) >= 11 is 0. The van der Waals surface area contributed by atoms with E-state index in [0.717, 1.165) is 5.69 Å². The first-order valence-corrected chi connectivity index (χ1v) is 8.88. The number of aromatic hydroxyl groups is 1. The topological polar surface area (TPSA) is 78.7 Å². The lowest BCUT2D eigenvalue weighted by molar-refractivity contribution is -0.132. The molecule has 27 heavy (non-hydrogen) atoms. The molecule has 1 amide bonds. The van der Waals surface area contributed by atoms with Crippen LogP contribution in [0, 0.1) is 0 Å². The van der Waals surface area contributed by atoms with Crippen molar-refractivity contribution < 1.29 is 9.90 Å². The van der Waals surface area contributed by atoms with E-state index in [1.165, 1.54) is 10.9 Å². The smallest absolute Gasteiger partial charge is 0.261 e. The maximum Gasteiger partial charge on any atom is 0.261 e. The predicted octanol–water partition coefficient (Wildman–Crippen LogP) is 1.45. The van der Waals surface area contributed by atoms with Gasteiger partial charge >= 0.3 is 0 Å². The minimum Gasteiger partial charge on any atom is -0.506 e. The number of nitrogens with zero attached hydrogens (tertiary/aromatic N) is 4. The molecule has 1 saturated heterocycles. The number of carbonyl (C=O) groups excluding carboxylic acids is 1. The number of carbonyl (C=O) groups is 1. The van der Waals surface area contributed by atoms with Crippen LogP contribution in [0.1, 0.15) is 0 Å². The van der Waals surface area contributed by atoms with Crippen LogP contribution in [-0.2, 0) is 11.3 Å². The summed E-state index contributed by atoms with van der Waals surface area (Å²) < 4.78 is 1.36. The van der Waals surface area contributed by atoms with Gasteiger partial charge in [0.2, 0.25) is 5.91 Å². The summed E-state index contributed by atoms with van der Waals surface area (Å²) in [6.07, 6.45) is 1.43. The molecule has 0 bridgehead atoms. The Morgan fingerprint density at radius 1 is 1.00 bits per heavy atom. The first-order valence-electron chi connectivity index (χ1n) is 8.88. The SMILES string of the molecule is O=C(Cn1cnc2ccccc2c1=O)N1CCN(c2ccccc2O)CC1. The van der Waals surface area contributed by atoms with E-state index in [-0.39, 0.29) is 23.8 Å². The summed E-state index contributed by atoms with van der Waals surface area (Å²) in [7, 11) is 0. The quantitative estimate of drug-likeness (QED) is 0.761. The van der Waals surface area contributed by atoms with Crippen LogP contribution in [0.2, 0.25) is 0 Å². The van der Waals surface area contributed by atoms with Gasteiger partial charge in [0, 0.05) is 26.2 Å². The van der Waals surface area contributed by atoms with E-state index in [1.807, 2.05) is 18.2 Å². The van der Waals surface area contributed by atoms with E-state index in [1.54, 1.807) is 35.2 Å². The molecule has 0 saturated carbocycles. The van der Waals surface area contributed by atoms with Crippen molar-refractivity contribution in [3.63, 3.8) is 0 Å². The van der Waals surface area contributed by atoms with Gasteiger partial charge in [0.1, 0.15) is 12.3 Å². The van der Waals surface area contributed by atoms with Crippen molar-refractivity contribution in [2.45, 2.75) is 6.54 Å². The molecular formula is C20H20N4O3. The molecule has 7 heteroatoms. The van der Waals surface area contributed by atoms with Crippen LogP contribution in [0.25, 0.3) is 10.9 Å². The Kier molecular flexibility index (Phi) is 4.50. The highest BCUT2D eigenvalue weighted by Crippen LogP contribution is 2.27. The van der Waals surface area contributed by atoms with Gasteiger partial charge in [-0.3, -0.25) is 14.2 Å². The number of hydrogen-bond donors (Lipinski definition) is 1. The monoisotopic (exact) mass is 364 g/mol. The van der Waals surface area contributed by atoms with Crippen molar-refractivity contribution in [3.05, 3.63) is 65.2 Å². The zero-order valence-electron chi connectivity index (χ0n) is 14.8. The third kappa shape index (κ3) is 3.36. The average Bonchev–Trinajstić information content (AvgIpc) is 2.71. The van der Waals surface area contributed by atoms with Gasteiger partial charge in [-0.15, -0.1) is 0 Å². The van der Waals surface area contributed by atoms with Crippen LogP contribution in [0.5, 0.6) is 5.75 Å². The molecule has 4 rings (SSSR count). The Balaban J connectivity index is 1.44. The number of fused-ring (bicyclic) bond motifs is 1. The highest BCUT2D eigenvalue weighted by Gasteiger charge is 2.23. The Labute approximate surface area is 156 Å². The van der Waals surface area contributed by atoms with Gasteiger partial charge in [-0.25, -0.2) is 4.98 Å². The fourth-order valence-electron chi connectivity index (χ4n) is 3.39. The Hall–Kier alpha value is -3.35. The normalized spacial score (nSPS) is 14.5. The van der Waals surface area contributed by atoms with Crippen molar-refractivity contribution in [1.82, 2.24) is 14.5 Å². The zero-order valence-corrected chi connectivity index (χ0v) is 14.8. The molecule has 1 aliphatic heterocycles. The molecule has 1 aromatic heterocycles. The summed E-state index contributed by atoms with van der Waals surface area (Å²) in [6.45, 7) is 2.33. The molecule has 1 fully saturated rings. The molecular weight excluding hydrogens is 344 g/mol. The van der Waals surface area contributed by atoms with Crippen molar-refractivity contribution in [2.75, 3.05) is 31.1 Å². The van der Waals surface area contributed by atoms with Crippen molar-refractivity contribution in [3.8, 4) is 5.75 Å². The number of benzene rings is 2.